The summed E-state index contributed by atoms with van der Waals surface area (Å²) in [5.41, 5.74) is 3.40. The van der Waals surface area contributed by atoms with Crippen LogP contribution in [0.2, 0.25) is 5.02 Å². The fourth-order valence-corrected chi connectivity index (χ4v) is 5.40. The van der Waals surface area contributed by atoms with Crippen LogP contribution in [0.15, 0.2) is 42.5 Å². The summed E-state index contributed by atoms with van der Waals surface area (Å²) in [7, 11) is 0. The highest BCUT2D eigenvalue weighted by Gasteiger charge is 2.35. The number of hydrogen-bond donors (Lipinski definition) is 0. The maximum absolute atomic E-state index is 13.7. The lowest BCUT2D eigenvalue weighted by molar-refractivity contribution is 0.116. The third-order valence-electron chi connectivity index (χ3n) is 6.93. The molecule has 2 aliphatic rings. The van der Waals surface area contributed by atoms with Gasteiger partial charge in [-0.2, -0.15) is 0 Å². The Morgan fingerprint density at radius 1 is 0.885 bits per heavy atom. The second kappa shape index (κ2) is 7.72. The molecule has 0 bridgehead atoms. The molecule has 0 spiro atoms. The molecule has 2 saturated carbocycles. The van der Waals surface area contributed by atoms with Gasteiger partial charge in [-0.3, -0.25) is 0 Å². The second-order valence-electron chi connectivity index (χ2n) is 8.37. The molecule has 0 heterocycles. The number of hydrogen-bond acceptors (Lipinski definition) is 0. The van der Waals surface area contributed by atoms with Gasteiger partial charge in [-0.15, -0.1) is 0 Å². The van der Waals surface area contributed by atoms with Crippen LogP contribution in [0.4, 0.5) is 4.39 Å². The van der Waals surface area contributed by atoms with Crippen LogP contribution >= 0.6 is 11.6 Å². The van der Waals surface area contributed by atoms with Crippen molar-refractivity contribution < 1.29 is 4.39 Å². The molecule has 0 amide bonds. The lowest BCUT2D eigenvalue weighted by Gasteiger charge is -2.42. The molecule has 138 valence electrons. The van der Waals surface area contributed by atoms with E-state index in [0.717, 1.165) is 28.9 Å². The zero-order valence-electron chi connectivity index (χ0n) is 15.6. The molecule has 0 radical (unpaired) electrons. The topological polar surface area (TPSA) is 0 Å². The van der Waals surface area contributed by atoms with Crippen molar-refractivity contribution in [2.24, 2.45) is 17.8 Å². The molecule has 2 aliphatic carbocycles. The van der Waals surface area contributed by atoms with Crippen molar-refractivity contribution in [2.45, 2.75) is 57.8 Å². The molecule has 0 aromatic heterocycles. The molecule has 4 rings (SSSR count). The van der Waals surface area contributed by atoms with Gasteiger partial charge in [0, 0.05) is 0 Å². The van der Waals surface area contributed by atoms with Gasteiger partial charge in [-0.05, 0) is 84.6 Å². The Morgan fingerprint density at radius 2 is 1.58 bits per heavy atom. The number of benzene rings is 2. The number of halogens is 2. The fraction of sp³-hybridized carbons (Fsp3) is 0.500. The minimum absolute atomic E-state index is 0.180. The van der Waals surface area contributed by atoms with Gasteiger partial charge in [0.15, 0.2) is 0 Å². The molecule has 2 aromatic carbocycles. The molecule has 0 nitrogen and oxygen atoms in total. The van der Waals surface area contributed by atoms with Crippen LogP contribution < -0.4 is 0 Å². The fourth-order valence-electron chi connectivity index (χ4n) is 5.28. The minimum atomic E-state index is -0.353. The molecule has 2 fully saturated rings. The van der Waals surface area contributed by atoms with Crippen LogP contribution in [-0.2, 0) is 0 Å². The van der Waals surface area contributed by atoms with Crippen LogP contribution in [0.1, 0.15) is 63.4 Å². The monoisotopic (exact) mass is 370 g/mol. The highest BCUT2D eigenvalue weighted by Crippen LogP contribution is 2.48. The molecular weight excluding hydrogens is 343 g/mol. The Labute approximate surface area is 161 Å². The maximum Gasteiger partial charge on any atom is 0.142 e. The highest BCUT2D eigenvalue weighted by atomic mass is 35.5. The second-order valence-corrected chi connectivity index (χ2v) is 8.78. The maximum atomic E-state index is 13.7. The molecule has 0 aliphatic heterocycles. The van der Waals surface area contributed by atoms with Crippen LogP contribution in [0.3, 0.4) is 0 Å². The molecule has 2 heteroatoms. The predicted molar refractivity (Wildman–Crippen MR) is 108 cm³/mol. The smallest absolute Gasteiger partial charge is 0.142 e. The summed E-state index contributed by atoms with van der Waals surface area (Å²) in [5.74, 6) is 3.23. The third-order valence-corrected chi connectivity index (χ3v) is 7.24. The summed E-state index contributed by atoms with van der Waals surface area (Å²) in [6, 6.07) is 13.8. The number of fused-ring (bicyclic) bond motifs is 1. The first-order valence-electron chi connectivity index (χ1n) is 10.2. The van der Waals surface area contributed by atoms with Gasteiger partial charge in [-0.1, -0.05) is 61.7 Å². The quantitative estimate of drug-likeness (QED) is 0.515. The van der Waals surface area contributed by atoms with E-state index in [1.54, 1.807) is 6.07 Å². The van der Waals surface area contributed by atoms with Gasteiger partial charge in [0.2, 0.25) is 0 Å². The van der Waals surface area contributed by atoms with Gasteiger partial charge in [0.05, 0.1) is 5.02 Å². The SMILES string of the molecule is CCC1CC[C@@H]2C[C@H](c3ccc(-c4ccc(Cl)c(F)c4)cc3)CC[C@@H]2C1. The lowest BCUT2D eigenvalue weighted by atomic mass is 9.63. The zero-order valence-corrected chi connectivity index (χ0v) is 16.3. The average Bonchev–Trinajstić information content (AvgIpc) is 2.69. The Morgan fingerprint density at radius 3 is 2.31 bits per heavy atom. The molecule has 0 saturated heterocycles. The summed E-state index contributed by atoms with van der Waals surface area (Å²) in [4.78, 5) is 0. The van der Waals surface area contributed by atoms with E-state index in [1.165, 1.54) is 56.6 Å². The highest BCUT2D eigenvalue weighted by molar-refractivity contribution is 6.30. The molecule has 26 heavy (non-hydrogen) atoms. The van der Waals surface area contributed by atoms with Gasteiger partial charge in [0.1, 0.15) is 5.82 Å². The summed E-state index contributed by atoms with van der Waals surface area (Å²) >= 11 is 5.79. The normalized spacial score (nSPS) is 28.6. The van der Waals surface area contributed by atoms with Crippen LogP contribution in [-0.4, -0.2) is 0 Å². The lowest BCUT2D eigenvalue weighted by Crippen LogP contribution is -2.30. The van der Waals surface area contributed by atoms with Crippen LogP contribution in [0.25, 0.3) is 11.1 Å². The van der Waals surface area contributed by atoms with Crippen molar-refractivity contribution >= 4 is 11.6 Å². The first-order valence-corrected chi connectivity index (χ1v) is 10.6. The van der Waals surface area contributed by atoms with Crippen molar-refractivity contribution in [1.82, 2.24) is 0 Å². The zero-order chi connectivity index (χ0) is 18.1. The van der Waals surface area contributed by atoms with Crippen molar-refractivity contribution in [3.05, 3.63) is 58.9 Å². The summed E-state index contributed by atoms with van der Waals surface area (Å²) in [6.07, 6.45) is 9.78. The van der Waals surface area contributed by atoms with Gasteiger partial charge >= 0.3 is 0 Å². The number of rotatable bonds is 3. The Balaban J connectivity index is 1.45. The van der Waals surface area contributed by atoms with Gasteiger partial charge in [0.25, 0.3) is 0 Å². The minimum Gasteiger partial charge on any atom is -0.205 e. The Kier molecular flexibility index (Phi) is 5.36. The van der Waals surface area contributed by atoms with Crippen LogP contribution in [0.5, 0.6) is 0 Å². The van der Waals surface area contributed by atoms with Gasteiger partial charge < -0.3 is 0 Å². The molecule has 1 unspecified atom stereocenters. The summed E-state index contributed by atoms with van der Waals surface area (Å²) < 4.78 is 13.7. The molecular formula is C24H28ClF. The van der Waals surface area contributed by atoms with Crippen molar-refractivity contribution in [2.75, 3.05) is 0 Å². The van der Waals surface area contributed by atoms with Crippen LogP contribution in [0, 0.1) is 23.6 Å². The van der Waals surface area contributed by atoms with E-state index in [1.807, 2.05) is 6.07 Å². The summed E-state index contributed by atoms with van der Waals surface area (Å²) in [6.45, 7) is 2.35. The van der Waals surface area contributed by atoms with Crippen molar-refractivity contribution in [3.63, 3.8) is 0 Å². The van der Waals surface area contributed by atoms with E-state index in [9.17, 15) is 4.39 Å². The van der Waals surface area contributed by atoms with Crippen molar-refractivity contribution in [1.29, 1.82) is 0 Å². The molecule has 4 atom stereocenters. The van der Waals surface area contributed by atoms with E-state index in [4.69, 9.17) is 11.6 Å². The first kappa shape index (κ1) is 18.0. The Hall–Kier alpha value is -1.34. The van der Waals surface area contributed by atoms with Gasteiger partial charge in [-0.25, -0.2) is 4.39 Å². The average molecular weight is 371 g/mol. The third kappa shape index (κ3) is 3.69. The van der Waals surface area contributed by atoms with E-state index in [2.05, 4.69) is 31.2 Å². The van der Waals surface area contributed by atoms with E-state index in [0.29, 0.717) is 5.92 Å². The molecule has 0 N–H and O–H groups in total. The molecule has 2 aromatic rings. The van der Waals surface area contributed by atoms with E-state index < -0.39 is 0 Å². The first-order chi connectivity index (χ1) is 12.6. The van der Waals surface area contributed by atoms with E-state index >= 15 is 0 Å². The van der Waals surface area contributed by atoms with E-state index in [-0.39, 0.29) is 10.8 Å². The summed E-state index contributed by atoms with van der Waals surface area (Å²) in [5, 5.41) is 0.180. The van der Waals surface area contributed by atoms with Crippen molar-refractivity contribution in [3.8, 4) is 11.1 Å². The predicted octanol–water partition coefficient (Wildman–Crippen LogP) is 7.86. The Bertz CT molecular complexity index is 751. The largest absolute Gasteiger partial charge is 0.205 e. The standard InChI is InChI=1S/C24H28ClF/c1-2-16-3-4-21-14-20(10-9-19(21)13-16)17-5-7-18(8-6-17)22-11-12-23(25)24(26)15-22/h5-8,11-12,15-16,19-21H,2-4,9-10,13-14H2,1H3/t16?,19-,20-,21-/m1/s1.